The van der Waals surface area contributed by atoms with Crippen LogP contribution in [0, 0.1) is 0 Å². The second-order valence-corrected chi connectivity index (χ2v) is 15.2. The molecule has 0 bridgehead atoms. The number of aliphatic hydroxyl groups excluding tert-OH is 5. The van der Waals surface area contributed by atoms with E-state index >= 15 is 0 Å². The fourth-order valence-corrected chi connectivity index (χ4v) is 6.80. The summed E-state index contributed by atoms with van der Waals surface area (Å²) in [5.41, 5.74) is 0. The Balaban J connectivity index is 2.38. The Bertz CT molecular complexity index is 868. The molecule has 1 aliphatic heterocycles. The van der Waals surface area contributed by atoms with Crippen molar-refractivity contribution in [2.24, 2.45) is 0 Å². The van der Waals surface area contributed by atoms with Crippen LogP contribution < -0.4 is 5.32 Å². The number of hydrogen-bond acceptors (Lipinski definition) is 8. The Hall–Kier alpha value is -1.33. The summed E-state index contributed by atoms with van der Waals surface area (Å²) >= 11 is 0. The van der Waals surface area contributed by atoms with Crippen LogP contribution in [0.5, 0.6) is 0 Å². The van der Waals surface area contributed by atoms with Gasteiger partial charge in [-0.25, -0.2) is 0 Å². The molecule has 1 amide bonds. The van der Waals surface area contributed by atoms with Crippen LogP contribution >= 0.6 is 0 Å². The zero-order valence-corrected chi connectivity index (χ0v) is 33.3. The van der Waals surface area contributed by atoms with Gasteiger partial charge in [-0.05, 0) is 38.5 Å². The van der Waals surface area contributed by atoms with E-state index in [4.69, 9.17) is 9.47 Å². The highest BCUT2D eigenvalue weighted by Gasteiger charge is 2.44. The molecule has 0 radical (unpaired) electrons. The average molecular weight is 740 g/mol. The summed E-state index contributed by atoms with van der Waals surface area (Å²) in [4.78, 5) is 12.9. The Labute approximate surface area is 318 Å². The van der Waals surface area contributed by atoms with Gasteiger partial charge in [-0.15, -0.1) is 0 Å². The molecule has 1 aliphatic rings. The van der Waals surface area contributed by atoms with Gasteiger partial charge in [-0.1, -0.05) is 167 Å². The van der Waals surface area contributed by atoms with Crippen molar-refractivity contribution in [2.75, 3.05) is 13.2 Å². The molecule has 0 aliphatic carbocycles. The van der Waals surface area contributed by atoms with Crippen LogP contribution in [0.4, 0.5) is 0 Å². The summed E-state index contributed by atoms with van der Waals surface area (Å²) in [5, 5.41) is 54.2. The lowest BCUT2D eigenvalue weighted by Gasteiger charge is -2.40. The smallest absolute Gasteiger partial charge is 0.220 e. The van der Waals surface area contributed by atoms with Gasteiger partial charge in [-0.3, -0.25) is 4.79 Å². The molecule has 0 aromatic rings. The van der Waals surface area contributed by atoms with Gasteiger partial charge >= 0.3 is 0 Å². The molecule has 1 fully saturated rings. The third kappa shape index (κ3) is 24.9. The third-order valence-electron chi connectivity index (χ3n) is 10.3. The van der Waals surface area contributed by atoms with Gasteiger partial charge in [-0.2, -0.15) is 0 Å². The maximum Gasteiger partial charge on any atom is 0.220 e. The molecular formula is C43H81NO8. The molecule has 306 valence electrons. The van der Waals surface area contributed by atoms with E-state index in [9.17, 15) is 30.3 Å². The van der Waals surface area contributed by atoms with Crippen LogP contribution in [0.25, 0.3) is 0 Å². The van der Waals surface area contributed by atoms with E-state index in [1.54, 1.807) is 0 Å². The number of aliphatic hydroxyl groups is 5. The molecule has 0 aromatic carbocycles. The molecule has 9 heteroatoms. The number of allylic oxidation sites excluding steroid dienone is 4. The molecule has 7 atom stereocenters. The van der Waals surface area contributed by atoms with E-state index in [1.165, 1.54) is 103 Å². The lowest BCUT2D eigenvalue weighted by Crippen LogP contribution is -2.60. The van der Waals surface area contributed by atoms with Gasteiger partial charge in [0.2, 0.25) is 5.91 Å². The van der Waals surface area contributed by atoms with Crippen LogP contribution in [-0.4, -0.2) is 87.5 Å². The summed E-state index contributed by atoms with van der Waals surface area (Å²) in [6, 6.07) is -0.721. The molecule has 9 nitrogen and oxygen atoms in total. The molecule has 0 saturated carbocycles. The molecule has 7 unspecified atom stereocenters. The molecule has 6 N–H and O–H groups in total. The summed E-state index contributed by atoms with van der Waals surface area (Å²) in [6.07, 6.45) is 31.7. The second-order valence-electron chi connectivity index (χ2n) is 15.2. The number of amides is 1. The highest BCUT2D eigenvalue weighted by Crippen LogP contribution is 2.23. The van der Waals surface area contributed by atoms with Crippen molar-refractivity contribution < 1.29 is 39.8 Å². The summed E-state index contributed by atoms with van der Waals surface area (Å²) < 4.78 is 11.2. The SMILES string of the molecule is CCCCC/C=C\C=C/CCCCCCCCC(=O)NC(COC1OC(CO)C(O)C(O)C1O)C(O)CCCCCCCCCCCCCCCC. The molecule has 0 spiro atoms. The van der Waals surface area contributed by atoms with Gasteiger partial charge in [0.15, 0.2) is 6.29 Å². The van der Waals surface area contributed by atoms with E-state index < -0.39 is 49.5 Å². The Morgan fingerprint density at radius 1 is 0.654 bits per heavy atom. The zero-order chi connectivity index (χ0) is 38.1. The second kappa shape index (κ2) is 34.2. The van der Waals surface area contributed by atoms with Crippen LogP contribution in [-0.2, 0) is 14.3 Å². The van der Waals surface area contributed by atoms with Crippen LogP contribution in [0.2, 0.25) is 0 Å². The Morgan fingerprint density at radius 2 is 1.12 bits per heavy atom. The van der Waals surface area contributed by atoms with E-state index in [1.807, 2.05) is 0 Å². The Kier molecular flexibility index (Phi) is 32.0. The number of ether oxygens (including phenoxy) is 2. The summed E-state index contributed by atoms with van der Waals surface area (Å²) in [5.74, 6) is -0.157. The van der Waals surface area contributed by atoms with Crippen molar-refractivity contribution in [3.63, 3.8) is 0 Å². The summed E-state index contributed by atoms with van der Waals surface area (Å²) in [6.45, 7) is 3.78. The molecule has 52 heavy (non-hydrogen) atoms. The third-order valence-corrected chi connectivity index (χ3v) is 10.3. The van der Waals surface area contributed by atoms with Crippen molar-refractivity contribution in [2.45, 2.75) is 230 Å². The lowest BCUT2D eigenvalue weighted by atomic mass is 9.99. The summed E-state index contributed by atoms with van der Waals surface area (Å²) in [7, 11) is 0. The normalized spacial score (nSPS) is 22.0. The molecule has 0 aromatic heterocycles. The lowest BCUT2D eigenvalue weighted by molar-refractivity contribution is -0.302. The van der Waals surface area contributed by atoms with Crippen LogP contribution in [0.3, 0.4) is 0 Å². The van der Waals surface area contributed by atoms with Crippen molar-refractivity contribution in [1.29, 1.82) is 0 Å². The monoisotopic (exact) mass is 740 g/mol. The molecule has 1 heterocycles. The van der Waals surface area contributed by atoms with Crippen molar-refractivity contribution >= 4 is 5.91 Å². The van der Waals surface area contributed by atoms with Gasteiger partial charge in [0.05, 0.1) is 25.4 Å². The molecule has 1 saturated heterocycles. The number of rotatable bonds is 35. The maximum atomic E-state index is 12.9. The number of nitrogens with one attached hydrogen (secondary N) is 1. The predicted molar refractivity (Wildman–Crippen MR) is 212 cm³/mol. The minimum Gasteiger partial charge on any atom is -0.394 e. The fraction of sp³-hybridized carbons (Fsp3) is 0.884. The predicted octanol–water partition coefficient (Wildman–Crippen LogP) is 8.33. The Morgan fingerprint density at radius 3 is 1.65 bits per heavy atom. The maximum absolute atomic E-state index is 12.9. The molecule has 1 rings (SSSR count). The minimum atomic E-state index is -1.55. The highest BCUT2D eigenvalue weighted by molar-refractivity contribution is 5.76. The van der Waals surface area contributed by atoms with Crippen molar-refractivity contribution in [3.8, 4) is 0 Å². The minimum absolute atomic E-state index is 0.142. The number of hydrogen-bond donors (Lipinski definition) is 6. The number of carbonyl (C=O) groups is 1. The van der Waals surface area contributed by atoms with Crippen molar-refractivity contribution in [3.05, 3.63) is 24.3 Å². The topological polar surface area (TPSA) is 149 Å². The fourth-order valence-electron chi connectivity index (χ4n) is 6.80. The van der Waals surface area contributed by atoms with Gasteiger partial charge < -0.3 is 40.3 Å². The molecular weight excluding hydrogens is 658 g/mol. The van der Waals surface area contributed by atoms with Crippen molar-refractivity contribution in [1.82, 2.24) is 5.32 Å². The highest BCUT2D eigenvalue weighted by atomic mass is 16.7. The van der Waals surface area contributed by atoms with Gasteiger partial charge in [0, 0.05) is 6.42 Å². The number of carbonyl (C=O) groups excluding carboxylic acids is 1. The quantitative estimate of drug-likeness (QED) is 0.0281. The number of unbranched alkanes of at least 4 members (excludes halogenated alkanes) is 22. The average Bonchev–Trinajstić information content (AvgIpc) is 3.14. The zero-order valence-electron chi connectivity index (χ0n) is 33.3. The van der Waals surface area contributed by atoms with Crippen LogP contribution in [0.15, 0.2) is 24.3 Å². The van der Waals surface area contributed by atoms with Gasteiger partial charge in [0.25, 0.3) is 0 Å². The first-order chi connectivity index (χ1) is 25.3. The van der Waals surface area contributed by atoms with Gasteiger partial charge in [0.1, 0.15) is 24.4 Å². The van der Waals surface area contributed by atoms with E-state index in [2.05, 4.69) is 43.5 Å². The van der Waals surface area contributed by atoms with E-state index in [0.717, 1.165) is 57.8 Å². The first kappa shape index (κ1) is 48.7. The first-order valence-electron chi connectivity index (χ1n) is 21.6. The largest absolute Gasteiger partial charge is 0.394 e. The van der Waals surface area contributed by atoms with E-state index in [-0.39, 0.29) is 12.5 Å². The van der Waals surface area contributed by atoms with Crippen LogP contribution in [0.1, 0.15) is 187 Å². The standard InChI is InChI=1S/C43H81NO8/c1-3-5-7-9-11-13-15-17-19-21-23-25-27-29-31-33-39(47)44-36(35-51-43-42(50)41(49)40(48)38(34-45)52-43)37(46)32-30-28-26-24-22-20-18-16-14-12-10-8-6-4-2/h11,13,15,17,36-38,40-43,45-46,48-50H,3-10,12,14,16,18-35H2,1-2H3,(H,44,47)/b13-11-,17-15-. The first-order valence-corrected chi connectivity index (χ1v) is 21.6. The van der Waals surface area contributed by atoms with E-state index in [0.29, 0.717) is 12.8 Å².